The molecule has 1 aliphatic heterocycles. The molecule has 92 valence electrons. The van der Waals surface area contributed by atoms with Crippen molar-refractivity contribution >= 4 is 11.6 Å². The van der Waals surface area contributed by atoms with Crippen molar-refractivity contribution in [1.82, 2.24) is 9.97 Å². The van der Waals surface area contributed by atoms with Gasteiger partial charge in [0.2, 0.25) is 5.88 Å². The molecule has 0 fully saturated rings. The summed E-state index contributed by atoms with van der Waals surface area (Å²) < 4.78 is 5.91. The molecule has 2 heterocycles. The van der Waals surface area contributed by atoms with Crippen LogP contribution in [0.2, 0.25) is 5.15 Å². The normalized spacial score (nSPS) is 20.3. The number of hydrogen-bond donors (Lipinski definition) is 0. The predicted molar refractivity (Wildman–Crippen MR) is 70.0 cm³/mol. The van der Waals surface area contributed by atoms with Crippen LogP contribution in [0.3, 0.4) is 0 Å². The Labute approximate surface area is 111 Å². The third-order valence-electron chi connectivity index (χ3n) is 3.28. The molecule has 0 N–H and O–H groups in total. The average Bonchev–Trinajstić information content (AvgIpc) is 2.62. The van der Waals surface area contributed by atoms with Crippen molar-refractivity contribution in [1.29, 1.82) is 0 Å². The van der Waals surface area contributed by atoms with Crippen molar-refractivity contribution in [3.63, 3.8) is 0 Å². The van der Waals surface area contributed by atoms with E-state index in [4.69, 9.17) is 16.3 Å². The van der Waals surface area contributed by atoms with Gasteiger partial charge in [-0.1, -0.05) is 41.9 Å². The molecule has 1 unspecified atom stereocenters. The summed E-state index contributed by atoms with van der Waals surface area (Å²) in [4.78, 5) is 8.24. The highest BCUT2D eigenvalue weighted by Gasteiger charge is 2.44. The van der Waals surface area contributed by atoms with Crippen LogP contribution in [0.5, 0.6) is 5.88 Å². The maximum Gasteiger partial charge on any atom is 0.222 e. The van der Waals surface area contributed by atoms with E-state index in [1.54, 1.807) is 0 Å². The highest BCUT2D eigenvalue weighted by molar-refractivity contribution is 6.30. The number of fused-ring (bicyclic) bond motifs is 1. The van der Waals surface area contributed by atoms with Crippen molar-refractivity contribution in [2.75, 3.05) is 0 Å². The van der Waals surface area contributed by atoms with E-state index in [2.05, 4.69) is 22.1 Å². The highest BCUT2D eigenvalue weighted by atomic mass is 35.5. The Hall–Kier alpha value is -1.61. The fraction of sp³-hybridized carbons (Fsp3) is 0.286. The fourth-order valence-electron chi connectivity index (χ4n) is 2.55. The molecule has 1 atom stereocenters. The quantitative estimate of drug-likeness (QED) is 0.737. The third kappa shape index (κ3) is 1.66. The lowest BCUT2D eigenvalue weighted by Crippen LogP contribution is -2.31. The lowest BCUT2D eigenvalue weighted by molar-refractivity contribution is 0.117. The number of benzene rings is 1. The zero-order chi connectivity index (χ0) is 12.8. The third-order valence-corrected chi connectivity index (χ3v) is 3.58. The predicted octanol–water partition coefficient (Wildman–Crippen LogP) is 3.43. The van der Waals surface area contributed by atoms with Gasteiger partial charge in [-0.05, 0) is 19.4 Å². The first-order chi connectivity index (χ1) is 8.59. The minimum Gasteiger partial charge on any atom is -0.470 e. The minimum absolute atomic E-state index is 0.0578. The van der Waals surface area contributed by atoms with Gasteiger partial charge in [0.1, 0.15) is 17.1 Å². The Morgan fingerprint density at radius 2 is 1.89 bits per heavy atom. The van der Waals surface area contributed by atoms with E-state index >= 15 is 0 Å². The second-order valence-corrected chi connectivity index (χ2v) is 5.29. The Kier molecular flexibility index (Phi) is 2.52. The number of nitrogens with zero attached hydrogens (tertiary/aromatic N) is 2. The van der Waals surface area contributed by atoms with E-state index in [1.165, 1.54) is 6.33 Å². The highest BCUT2D eigenvalue weighted by Crippen LogP contribution is 2.48. The van der Waals surface area contributed by atoms with Crippen LogP contribution in [-0.2, 0) is 0 Å². The van der Waals surface area contributed by atoms with Gasteiger partial charge < -0.3 is 4.74 Å². The van der Waals surface area contributed by atoms with Crippen LogP contribution < -0.4 is 4.74 Å². The molecule has 0 amide bonds. The van der Waals surface area contributed by atoms with Crippen LogP contribution in [-0.4, -0.2) is 15.6 Å². The van der Waals surface area contributed by atoms with E-state index in [-0.39, 0.29) is 11.5 Å². The molecule has 3 rings (SSSR count). The summed E-state index contributed by atoms with van der Waals surface area (Å²) in [5.41, 5.74) is 1.68. The van der Waals surface area contributed by atoms with E-state index < -0.39 is 0 Å². The molecule has 1 aliphatic rings. The first kappa shape index (κ1) is 11.5. The summed E-state index contributed by atoms with van der Waals surface area (Å²) in [5.74, 6) is 0.649. The van der Waals surface area contributed by atoms with Crippen molar-refractivity contribution in [2.45, 2.75) is 25.4 Å². The van der Waals surface area contributed by atoms with Gasteiger partial charge in [-0.15, -0.1) is 0 Å². The van der Waals surface area contributed by atoms with Gasteiger partial charge in [0.15, 0.2) is 0 Å². The SMILES string of the molecule is CC1(C)Oc2ncnc(Cl)c2C1c1ccccc1. The molecule has 18 heavy (non-hydrogen) atoms. The van der Waals surface area contributed by atoms with Crippen molar-refractivity contribution in [2.24, 2.45) is 0 Å². The molecule has 0 aliphatic carbocycles. The number of halogens is 1. The number of rotatable bonds is 1. The molecule has 0 bridgehead atoms. The number of aromatic nitrogens is 2. The monoisotopic (exact) mass is 260 g/mol. The van der Waals surface area contributed by atoms with Gasteiger partial charge in [-0.25, -0.2) is 9.97 Å². The molecule has 2 aromatic rings. The van der Waals surface area contributed by atoms with Crippen LogP contribution in [0, 0.1) is 0 Å². The molecule has 0 saturated carbocycles. The van der Waals surface area contributed by atoms with Crippen LogP contribution in [0.4, 0.5) is 0 Å². The van der Waals surface area contributed by atoms with Gasteiger partial charge in [-0.2, -0.15) is 0 Å². The summed E-state index contributed by atoms with van der Waals surface area (Å²) in [6.07, 6.45) is 1.44. The fourth-order valence-corrected chi connectivity index (χ4v) is 2.79. The first-order valence-corrected chi connectivity index (χ1v) is 6.22. The second-order valence-electron chi connectivity index (χ2n) is 4.93. The summed E-state index contributed by atoms with van der Waals surface area (Å²) >= 11 is 6.21. The smallest absolute Gasteiger partial charge is 0.222 e. The molecule has 1 aromatic carbocycles. The molecular formula is C14H13ClN2O. The molecule has 3 nitrogen and oxygen atoms in total. The Bertz CT molecular complexity index is 584. The molecule has 0 spiro atoms. The topological polar surface area (TPSA) is 35.0 Å². The van der Waals surface area contributed by atoms with E-state index in [0.717, 1.165) is 11.1 Å². The van der Waals surface area contributed by atoms with Crippen LogP contribution >= 0.6 is 11.6 Å². The van der Waals surface area contributed by atoms with Crippen LogP contribution in [0.15, 0.2) is 36.7 Å². The molecule has 0 saturated heterocycles. The lowest BCUT2D eigenvalue weighted by Gasteiger charge is -2.26. The van der Waals surface area contributed by atoms with E-state index in [1.807, 2.05) is 32.0 Å². The van der Waals surface area contributed by atoms with E-state index in [0.29, 0.717) is 11.0 Å². The van der Waals surface area contributed by atoms with Gasteiger partial charge >= 0.3 is 0 Å². The molecule has 0 radical (unpaired) electrons. The Morgan fingerprint density at radius 3 is 2.61 bits per heavy atom. The van der Waals surface area contributed by atoms with Crippen LogP contribution in [0.1, 0.15) is 30.9 Å². The molecular weight excluding hydrogens is 248 g/mol. The molecule has 4 heteroatoms. The Morgan fingerprint density at radius 1 is 1.17 bits per heavy atom. The zero-order valence-corrected chi connectivity index (χ0v) is 11.0. The number of ether oxygens (including phenoxy) is 1. The Balaban J connectivity index is 2.20. The summed E-state index contributed by atoms with van der Waals surface area (Å²) in [6.45, 7) is 4.09. The van der Waals surface area contributed by atoms with Gasteiger partial charge in [0.25, 0.3) is 0 Å². The maximum absolute atomic E-state index is 6.21. The average molecular weight is 261 g/mol. The van der Waals surface area contributed by atoms with Gasteiger partial charge in [-0.3, -0.25) is 0 Å². The summed E-state index contributed by atoms with van der Waals surface area (Å²) in [6, 6.07) is 10.2. The summed E-state index contributed by atoms with van der Waals surface area (Å²) in [7, 11) is 0. The van der Waals surface area contributed by atoms with Crippen molar-refractivity contribution in [3.8, 4) is 5.88 Å². The van der Waals surface area contributed by atoms with Crippen molar-refractivity contribution < 1.29 is 4.74 Å². The van der Waals surface area contributed by atoms with Crippen molar-refractivity contribution in [3.05, 3.63) is 52.9 Å². The van der Waals surface area contributed by atoms with Gasteiger partial charge in [0, 0.05) is 0 Å². The lowest BCUT2D eigenvalue weighted by atomic mass is 9.82. The van der Waals surface area contributed by atoms with Gasteiger partial charge in [0.05, 0.1) is 11.5 Å². The maximum atomic E-state index is 6.21. The molecule has 1 aromatic heterocycles. The van der Waals surface area contributed by atoms with Crippen LogP contribution in [0.25, 0.3) is 0 Å². The summed E-state index contributed by atoms with van der Waals surface area (Å²) in [5, 5.41) is 0.472. The van der Waals surface area contributed by atoms with E-state index in [9.17, 15) is 0 Å². The minimum atomic E-state index is -0.372. The largest absolute Gasteiger partial charge is 0.470 e. The number of hydrogen-bond acceptors (Lipinski definition) is 3. The zero-order valence-electron chi connectivity index (χ0n) is 10.2. The standard InChI is InChI=1S/C14H13ClN2O/c1-14(2)11(9-6-4-3-5-7-9)10-12(15)16-8-17-13(10)18-14/h3-8,11H,1-2H3. The first-order valence-electron chi connectivity index (χ1n) is 5.84. The second kappa shape index (κ2) is 3.95.